The fraction of sp³-hybridized carbons (Fsp3) is 1.00. The van der Waals surface area contributed by atoms with E-state index >= 15 is 0 Å². The van der Waals surface area contributed by atoms with E-state index in [0.717, 1.165) is 19.1 Å². The molecule has 2 unspecified atom stereocenters. The predicted molar refractivity (Wildman–Crippen MR) is 46.7 cm³/mol. The Bertz CT molecular complexity index is 106. The maximum Gasteiger partial charge on any atom is 0.0508 e. The van der Waals surface area contributed by atoms with Crippen molar-refractivity contribution in [2.75, 3.05) is 20.3 Å². The predicted octanol–water partition coefficient (Wildman–Crippen LogP) is 1.41. The van der Waals surface area contributed by atoms with Gasteiger partial charge in [0, 0.05) is 12.6 Å². The first-order valence-corrected chi connectivity index (χ1v) is 4.63. The average molecular weight is 157 g/mol. The third-order valence-corrected chi connectivity index (χ3v) is 2.57. The van der Waals surface area contributed by atoms with Crippen LogP contribution in [0.4, 0.5) is 0 Å². The van der Waals surface area contributed by atoms with Gasteiger partial charge in [-0.2, -0.15) is 0 Å². The lowest BCUT2D eigenvalue weighted by Gasteiger charge is -2.18. The Labute approximate surface area is 69.3 Å². The molecule has 2 heteroatoms. The van der Waals surface area contributed by atoms with Gasteiger partial charge in [0.15, 0.2) is 0 Å². The van der Waals surface area contributed by atoms with Crippen molar-refractivity contribution in [1.82, 2.24) is 5.32 Å². The molecule has 0 aromatic rings. The van der Waals surface area contributed by atoms with Gasteiger partial charge in [-0.15, -0.1) is 0 Å². The van der Waals surface area contributed by atoms with Crippen LogP contribution in [0.5, 0.6) is 0 Å². The van der Waals surface area contributed by atoms with Crippen molar-refractivity contribution in [1.29, 1.82) is 0 Å². The summed E-state index contributed by atoms with van der Waals surface area (Å²) in [6.07, 6.45) is 4.03. The van der Waals surface area contributed by atoms with Crippen LogP contribution in [0.25, 0.3) is 0 Å². The van der Waals surface area contributed by atoms with Gasteiger partial charge in [-0.25, -0.2) is 0 Å². The lowest BCUT2D eigenvalue weighted by molar-refractivity contribution is 0.103. The molecule has 0 saturated heterocycles. The Morgan fingerprint density at radius 2 is 2.27 bits per heavy atom. The number of hydrogen-bond acceptors (Lipinski definition) is 2. The van der Waals surface area contributed by atoms with Crippen LogP contribution in [0.15, 0.2) is 0 Å². The maximum absolute atomic E-state index is 5.41. The fourth-order valence-corrected chi connectivity index (χ4v) is 1.89. The van der Waals surface area contributed by atoms with Crippen molar-refractivity contribution in [2.45, 2.75) is 32.2 Å². The van der Waals surface area contributed by atoms with Gasteiger partial charge >= 0.3 is 0 Å². The van der Waals surface area contributed by atoms with Crippen LogP contribution in [0, 0.1) is 5.92 Å². The molecule has 11 heavy (non-hydrogen) atoms. The lowest BCUT2D eigenvalue weighted by Crippen LogP contribution is -2.31. The Kier molecular flexibility index (Phi) is 3.87. The van der Waals surface area contributed by atoms with E-state index in [4.69, 9.17) is 4.74 Å². The number of nitrogens with one attached hydrogen (secondary N) is 1. The highest BCUT2D eigenvalue weighted by atomic mass is 16.5. The minimum atomic E-state index is 0.710. The molecule has 1 fully saturated rings. The molecule has 0 aliphatic heterocycles. The summed E-state index contributed by atoms with van der Waals surface area (Å²) in [5.41, 5.74) is 0. The second-order valence-electron chi connectivity index (χ2n) is 3.25. The largest absolute Gasteiger partial charge is 0.381 e. The highest BCUT2D eigenvalue weighted by molar-refractivity contribution is 4.81. The average Bonchev–Trinajstić information content (AvgIpc) is 2.47. The highest BCUT2D eigenvalue weighted by Crippen LogP contribution is 2.25. The Balaban J connectivity index is 2.20. The summed E-state index contributed by atoms with van der Waals surface area (Å²) in [5, 5.41) is 3.34. The van der Waals surface area contributed by atoms with E-state index in [1.165, 1.54) is 19.3 Å². The normalized spacial score (nSPS) is 31.1. The summed E-state index contributed by atoms with van der Waals surface area (Å²) in [7, 11) is 2.05. The zero-order chi connectivity index (χ0) is 8.10. The molecule has 0 spiro atoms. The summed E-state index contributed by atoms with van der Waals surface area (Å²) in [6.45, 7) is 3.86. The van der Waals surface area contributed by atoms with Crippen molar-refractivity contribution in [3.8, 4) is 0 Å². The van der Waals surface area contributed by atoms with Crippen LogP contribution >= 0.6 is 0 Å². The maximum atomic E-state index is 5.41. The van der Waals surface area contributed by atoms with Gasteiger partial charge in [-0.3, -0.25) is 0 Å². The van der Waals surface area contributed by atoms with Crippen molar-refractivity contribution < 1.29 is 4.74 Å². The van der Waals surface area contributed by atoms with Crippen LogP contribution < -0.4 is 5.32 Å². The molecule has 1 aliphatic rings. The van der Waals surface area contributed by atoms with Gasteiger partial charge in [-0.05, 0) is 32.7 Å². The summed E-state index contributed by atoms with van der Waals surface area (Å²) < 4.78 is 5.41. The summed E-state index contributed by atoms with van der Waals surface area (Å²) in [4.78, 5) is 0. The molecule has 0 amide bonds. The second kappa shape index (κ2) is 4.73. The van der Waals surface area contributed by atoms with Crippen molar-refractivity contribution in [3.05, 3.63) is 0 Å². The standard InChI is InChI=1S/C9H19NO/c1-3-11-7-8-5-4-6-9(8)10-2/h8-10H,3-7H2,1-2H3. The van der Waals surface area contributed by atoms with Gasteiger partial charge in [0.2, 0.25) is 0 Å². The molecule has 0 heterocycles. The van der Waals surface area contributed by atoms with Crippen LogP contribution in [0.2, 0.25) is 0 Å². The van der Waals surface area contributed by atoms with Gasteiger partial charge in [0.1, 0.15) is 0 Å². The third-order valence-electron chi connectivity index (χ3n) is 2.57. The molecule has 2 nitrogen and oxygen atoms in total. The van der Waals surface area contributed by atoms with E-state index < -0.39 is 0 Å². The fourth-order valence-electron chi connectivity index (χ4n) is 1.89. The molecule has 0 radical (unpaired) electrons. The van der Waals surface area contributed by atoms with E-state index in [2.05, 4.69) is 19.3 Å². The Morgan fingerprint density at radius 1 is 1.45 bits per heavy atom. The van der Waals surface area contributed by atoms with Crippen LogP contribution in [-0.2, 0) is 4.74 Å². The summed E-state index contributed by atoms with van der Waals surface area (Å²) >= 11 is 0. The second-order valence-corrected chi connectivity index (χ2v) is 3.25. The SMILES string of the molecule is CCOCC1CCCC1NC. The van der Waals surface area contributed by atoms with Gasteiger partial charge in [0.25, 0.3) is 0 Å². The lowest BCUT2D eigenvalue weighted by atomic mass is 10.1. The molecule has 1 aliphatic carbocycles. The Morgan fingerprint density at radius 3 is 2.91 bits per heavy atom. The molecular weight excluding hydrogens is 138 g/mol. The van der Waals surface area contributed by atoms with E-state index in [-0.39, 0.29) is 0 Å². The van der Waals surface area contributed by atoms with Crippen LogP contribution in [-0.4, -0.2) is 26.3 Å². The third kappa shape index (κ3) is 2.46. The molecule has 2 atom stereocenters. The zero-order valence-corrected chi connectivity index (χ0v) is 7.60. The van der Waals surface area contributed by atoms with Crippen molar-refractivity contribution in [2.24, 2.45) is 5.92 Å². The van der Waals surface area contributed by atoms with Gasteiger partial charge in [-0.1, -0.05) is 6.42 Å². The smallest absolute Gasteiger partial charge is 0.0508 e. The molecular formula is C9H19NO. The first-order chi connectivity index (χ1) is 5.38. The van der Waals surface area contributed by atoms with E-state index in [1.807, 2.05) is 0 Å². The van der Waals surface area contributed by atoms with Gasteiger partial charge < -0.3 is 10.1 Å². The molecule has 0 aromatic carbocycles. The first-order valence-electron chi connectivity index (χ1n) is 4.63. The molecule has 0 bridgehead atoms. The zero-order valence-electron chi connectivity index (χ0n) is 7.60. The summed E-state index contributed by atoms with van der Waals surface area (Å²) in [5.74, 6) is 0.764. The first kappa shape index (κ1) is 9.01. The molecule has 0 aromatic heterocycles. The molecule has 1 saturated carbocycles. The number of ether oxygens (including phenoxy) is 1. The Hall–Kier alpha value is -0.0800. The minimum absolute atomic E-state index is 0.710. The van der Waals surface area contributed by atoms with Gasteiger partial charge in [0.05, 0.1) is 6.61 Å². The number of hydrogen-bond donors (Lipinski definition) is 1. The van der Waals surface area contributed by atoms with Crippen molar-refractivity contribution >= 4 is 0 Å². The highest BCUT2D eigenvalue weighted by Gasteiger charge is 2.25. The van der Waals surface area contributed by atoms with E-state index in [0.29, 0.717) is 6.04 Å². The van der Waals surface area contributed by atoms with Crippen LogP contribution in [0.1, 0.15) is 26.2 Å². The number of rotatable bonds is 4. The minimum Gasteiger partial charge on any atom is -0.381 e. The topological polar surface area (TPSA) is 21.3 Å². The van der Waals surface area contributed by atoms with Crippen molar-refractivity contribution in [3.63, 3.8) is 0 Å². The van der Waals surface area contributed by atoms with Crippen LogP contribution in [0.3, 0.4) is 0 Å². The van der Waals surface area contributed by atoms with E-state index in [1.54, 1.807) is 0 Å². The molecule has 66 valence electrons. The van der Waals surface area contributed by atoms with E-state index in [9.17, 15) is 0 Å². The molecule has 1 rings (SSSR count). The molecule has 1 N–H and O–H groups in total. The monoisotopic (exact) mass is 157 g/mol. The quantitative estimate of drug-likeness (QED) is 0.666. The summed E-state index contributed by atoms with van der Waals surface area (Å²) in [6, 6.07) is 0.710.